The van der Waals surface area contributed by atoms with Crippen molar-refractivity contribution in [3.8, 4) is 0 Å². The lowest BCUT2D eigenvalue weighted by molar-refractivity contribution is 0.464. The van der Waals surface area contributed by atoms with Gasteiger partial charge in [-0.15, -0.1) is 0 Å². The lowest BCUT2D eigenvalue weighted by Crippen LogP contribution is -1.94. The molecule has 0 aliphatic carbocycles. The average molecular weight is 202 g/mol. The fraction of sp³-hybridized carbons (Fsp3) is 0. The molecule has 0 bridgehead atoms. The van der Waals surface area contributed by atoms with Gasteiger partial charge in [-0.3, -0.25) is 0 Å². The summed E-state index contributed by atoms with van der Waals surface area (Å²) < 4.78 is 5.36. The second kappa shape index (κ2) is 3.83. The van der Waals surface area contributed by atoms with Crippen molar-refractivity contribution in [1.82, 2.24) is 19.9 Å². The molecule has 5 nitrogen and oxygen atoms in total. The van der Waals surface area contributed by atoms with Gasteiger partial charge in [0.05, 0.1) is 0 Å². The van der Waals surface area contributed by atoms with Crippen molar-refractivity contribution in [2.75, 3.05) is 0 Å². The van der Waals surface area contributed by atoms with Gasteiger partial charge >= 0.3 is 0 Å². The Morgan fingerprint density at radius 3 is 1.80 bits per heavy atom. The van der Waals surface area contributed by atoms with E-state index in [9.17, 15) is 0 Å². The molecule has 2 aromatic heterocycles. The van der Waals surface area contributed by atoms with Crippen molar-refractivity contribution in [2.45, 2.75) is 0 Å². The van der Waals surface area contributed by atoms with Gasteiger partial charge in [-0.05, 0) is 0 Å². The summed E-state index contributed by atoms with van der Waals surface area (Å²) in [7, 11) is 0. The number of rotatable bonds is 4. The molecule has 2 N–H and O–H groups in total. The zero-order valence-electron chi connectivity index (χ0n) is 8.03. The van der Waals surface area contributed by atoms with Crippen LogP contribution < -0.4 is 0 Å². The highest BCUT2D eigenvalue weighted by molar-refractivity contribution is 5.61. The Morgan fingerprint density at radius 1 is 1.00 bits per heavy atom. The third-order valence-corrected chi connectivity index (χ3v) is 1.77. The molecule has 0 aliphatic heterocycles. The molecule has 15 heavy (non-hydrogen) atoms. The standard InChI is InChI=1S/C10H10N4O/c1-7(9-11-3-4-12-9)15-8(2)10-13-5-6-14-10/h3-6H,1-2H2,(H,11,12)(H,13,14). The second-order valence-corrected chi connectivity index (χ2v) is 2.82. The van der Waals surface area contributed by atoms with Crippen molar-refractivity contribution >= 4 is 11.5 Å². The van der Waals surface area contributed by atoms with E-state index >= 15 is 0 Å². The van der Waals surface area contributed by atoms with Crippen LogP contribution in [0.15, 0.2) is 37.9 Å². The summed E-state index contributed by atoms with van der Waals surface area (Å²) in [6, 6.07) is 0. The van der Waals surface area contributed by atoms with E-state index in [0.29, 0.717) is 23.2 Å². The van der Waals surface area contributed by atoms with Gasteiger partial charge < -0.3 is 14.7 Å². The number of ether oxygens (including phenoxy) is 1. The van der Waals surface area contributed by atoms with Crippen LogP contribution in [-0.4, -0.2) is 19.9 Å². The minimum absolute atomic E-state index is 0.404. The highest BCUT2D eigenvalue weighted by Crippen LogP contribution is 2.17. The molecule has 0 atom stereocenters. The predicted octanol–water partition coefficient (Wildman–Crippen LogP) is 1.79. The van der Waals surface area contributed by atoms with Gasteiger partial charge in [0, 0.05) is 24.8 Å². The van der Waals surface area contributed by atoms with Crippen LogP contribution in [0.1, 0.15) is 11.6 Å². The van der Waals surface area contributed by atoms with E-state index in [2.05, 4.69) is 33.1 Å². The first-order valence-electron chi connectivity index (χ1n) is 4.32. The van der Waals surface area contributed by atoms with Crippen molar-refractivity contribution in [3.05, 3.63) is 49.6 Å². The molecule has 0 fully saturated rings. The van der Waals surface area contributed by atoms with Gasteiger partial charge in [0.15, 0.2) is 23.2 Å². The van der Waals surface area contributed by atoms with Gasteiger partial charge in [0.1, 0.15) is 0 Å². The highest BCUT2D eigenvalue weighted by atomic mass is 16.5. The number of H-pyrrole nitrogens is 2. The molecule has 0 radical (unpaired) electrons. The maximum atomic E-state index is 5.36. The van der Waals surface area contributed by atoms with Crippen LogP contribution in [0.5, 0.6) is 0 Å². The van der Waals surface area contributed by atoms with E-state index in [1.54, 1.807) is 24.8 Å². The number of hydrogen-bond donors (Lipinski definition) is 2. The van der Waals surface area contributed by atoms with Gasteiger partial charge in [-0.25, -0.2) is 9.97 Å². The van der Waals surface area contributed by atoms with E-state index in [1.807, 2.05) is 0 Å². The van der Waals surface area contributed by atoms with Gasteiger partial charge in [0.2, 0.25) is 0 Å². The Hall–Kier alpha value is -2.30. The molecule has 76 valence electrons. The van der Waals surface area contributed by atoms with E-state index in [4.69, 9.17) is 4.74 Å². The SMILES string of the molecule is C=C(OC(=C)c1ncc[nH]1)c1ncc[nH]1. The number of aromatic nitrogens is 4. The molecule has 0 amide bonds. The monoisotopic (exact) mass is 202 g/mol. The van der Waals surface area contributed by atoms with Crippen molar-refractivity contribution in [1.29, 1.82) is 0 Å². The molecule has 0 aliphatic rings. The van der Waals surface area contributed by atoms with Crippen LogP contribution in [0.3, 0.4) is 0 Å². The Morgan fingerprint density at radius 2 is 1.47 bits per heavy atom. The topological polar surface area (TPSA) is 66.6 Å². The molecule has 0 aromatic carbocycles. The maximum absolute atomic E-state index is 5.36. The Labute approximate surface area is 86.5 Å². The van der Waals surface area contributed by atoms with Crippen LogP contribution in [-0.2, 0) is 4.74 Å². The number of hydrogen-bond acceptors (Lipinski definition) is 3. The summed E-state index contributed by atoms with van der Waals surface area (Å²) in [5.74, 6) is 1.95. The van der Waals surface area contributed by atoms with Gasteiger partial charge in [-0.2, -0.15) is 0 Å². The second-order valence-electron chi connectivity index (χ2n) is 2.82. The lowest BCUT2D eigenvalue weighted by Gasteiger charge is -2.06. The fourth-order valence-electron chi connectivity index (χ4n) is 1.08. The quantitative estimate of drug-likeness (QED) is 0.743. The third kappa shape index (κ3) is 1.96. The molecule has 0 spiro atoms. The van der Waals surface area contributed by atoms with Crippen molar-refractivity contribution < 1.29 is 4.74 Å². The highest BCUT2D eigenvalue weighted by Gasteiger charge is 2.07. The third-order valence-electron chi connectivity index (χ3n) is 1.77. The molecule has 0 unspecified atom stereocenters. The van der Waals surface area contributed by atoms with Crippen molar-refractivity contribution in [2.24, 2.45) is 0 Å². The Kier molecular flexibility index (Phi) is 2.37. The number of imidazole rings is 2. The lowest BCUT2D eigenvalue weighted by atomic mass is 10.5. The normalized spacial score (nSPS) is 9.87. The van der Waals surface area contributed by atoms with Crippen LogP contribution in [0.25, 0.3) is 11.5 Å². The summed E-state index contributed by atoms with van der Waals surface area (Å²) >= 11 is 0. The van der Waals surface area contributed by atoms with Crippen molar-refractivity contribution in [3.63, 3.8) is 0 Å². The number of nitrogens with one attached hydrogen (secondary N) is 2. The number of aromatic amines is 2. The van der Waals surface area contributed by atoms with Gasteiger partial charge in [-0.1, -0.05) is 13.2 Å². The minimum Gasteiger partial charge on any atom is -0.451 e. The molecular weight excluding hydrogens is 192 g/mol. The molecule has 0 saturated heterocycles. The molecule has 2 aromatic rings. The minimum atomic E-state index is 0.404. The van der Waals surface area contributed by atoms with Crippen LogP contribution in [0.4, 0.5) is 0 Å². The summed E-state index contributed by atoms with van der Waals surface area (Å²) in [5.41, 5.74) is 0. The molecular formula is C10H10N4O. The molecule has 2 heterocycles. The summed E-state index contributed by atoms with van der Waals surface area (Å²) in [6.07, 6.45) is 6.64. The Balaban J connectivity index is 2.04. The number of nitrogens with zero attached hydrogens (tertiary/aromatic N) is 2. The first-order chi connectivity index (χ1) is 7.27. The van der Waals surface area contributed by atoms with E-state index in [1.165, 1.54) is 0 Å². The summed E-state index contributed by atoms with van der Waals surface area (Å²) in [5, 5.41) is 0. The predicted molar refractivity (Wildman–Crippen MR) is 56.3 cm³/mol. The van der Waals surface area contributed by atoms with Crippen LogP contribution >= 0.6 is 0 Å². The van der Waals surface area contributed by atoms with Crippen LogP contribution in [0.2, 0.25) is 0 Å². The summed E-state index contributed by atoms with van der Waals surface area (Å²) in [6.45, 7) is 7.46. The zero-order valence-corrected chi connectivity index (χ0v) is 8.03. The largest absolute Gasteiger partial charge is 0.451 e. The van der Waals surface area contributed by atoms with Gasteiger partial charge in [0.25, 0.3) is 0 Å². The first kappa shape index (κ1) is 9.26. The van der Waals surface area contributed by atoms with Crippen LogP contribution in [0, 0.1) is 0 Å². The molecule has 0 saturated carbocycles. The van der Waals surface area contributed by atoms with E-state index < -0.39 is 0 Å². The summed E-state index contributed by atoms with van der Waals surface area (Å²) in [4.78, 5) is 13.8. The zero-order chi connectivity index (χ0) is 10.7. The van der Waals surface area contributed by atoms with E-state index in [-0.39, 0.29) is 0 Å². The Bertz CT molecular complexity index is 411. The average Bonchev–Trinajstić information content (AvgIpc) is 2.91. The molecule has 2 rings (SSSR count). The first-order valence-corrected chi connectivity index (χ1v) is 4.32. The van der Waals surface area contributed by atoms with E-state index in [0.717, 1.165) is 0 Å². The fourth-order valence-corrected chi connectivity index (χ4v) is 1.08. The smallest absolute Gasteiger partial charge is 0.172 e. The maximum Gasteiger partial charge on any atom is 0.172 e. The molecule has 5 heteroatoms.